The number of fused-ring (bicyclic) bond motifs is 5. The Hall–Kier alpha value is -1.28. The lowest BCUT2D eigenvalue weighted by Gasteiger charge is -2.59. The molecule has 0 aromatic heterocycles. The van der Waals surface area contributed by atoms with E-state index in [1.165, 1.54) is 50.5 Å². The highest BCUT2D eigenvalue weighted by molar-refractivity contribution is 5.67. The van der Waals surface area contributed by atoms with Crippen LogP contribution in [0, 0.1) is 34.5 Å². The minimum Gasteiger partial charge on any atom is -0.497 e. The van der Waals surface area contributed by atoms with Crippen LogP contribution in [0.5, 0.6) is 5.75 Å². The van der Waals surface area contributed by atoms with Gasteiger partial charge in [-0.05, 0) is 109 Å². The Labute approximate surface area is 170 Å². The van der Waals surface area contributed by atoms with Gasteiger partial charge in [-0.2, -0.15) is 0 Å². The molecule has 0 aliphatic heterocycles. The molecule has 0 heterocycles. The van der Waals surface area contributed by atoms with E-state index >= 15 is 0 Å². The van der Waals surface area contributed by atoms with Crippen LogP contribution < -0.4 is 4.74 Å². The first-order valence-electron chi connectivity index (χ1n) is 11.5. The predicted molar refractivity (Wildman–Crippen MR) is 114 cm³/mol. The fraction of sp³-hybridized carbons (Fsp3) is 0.692. The number of aliphatic hydroxyl groups excluding tert-OH is 1. The third-order valence-corrected chi connectivity index (χ3v) is 9.73. The van der Waals surface area contributed by atoms with Gasteiger partial charge >= 0.3 is 0 Å². The molecule has 7 atom stereocenters. The summed E-state index contributed by atoms with van der Waals surface area (Å²) in [5.41, 5.74) is 3.57. The molecule has 5 rings (SSSR count). The summed E-state index contributed by atoms with van der Waals surface area (Å²) in [6, 6.07) is 8.64. The summed E-state index contributed by atoms with van der Waals surface area (Å²) in [5, 5.41) is 10.7. The predicted octanol–water partition coefficient (Wildman–Crippen LogP) is 6.09. The zero-order valence-corrected chi connectivity index (χ0v) is 17.8. The maximum atomic E-state index is 10.7. The van der Waals surface area contributed by atoms with Crippen molar-refractivity contribution in [2.24, 2.45) is 34.5 Å². The molecule has 152 valence electrons. The highest BCUT2D eigenvalue weighted by Gasteiger charge is 2.59. The van der Waals surface area contributed by atoms with Gasteiger partial charge in [0.1, 0.15) is 5.75 Å². The number of hydrogen-bond acceptors (Lipinski definition) is 2. The summed E-state index contributed by atoms with van der Waals surface area (Å²) in [5.74, 6) is 4.20. The van der Waals surface area contributed by atoms with Gasteiger partial charge in [-0.1, -0.05) is 32.1 Å². The Kier molecular flexibility index (Phi) is 4.43. The minimum absolute atomic E-state index is 0.0584. The fourth-order valence-corrected chi connectivity index (χ4v) is 7.89. The second kappa shape index (κ2) is 6.62. The number of rotatable bonds is 2. The maximum Gasteiger partial charge on any atom is 0.118 e. The molecule has 4 aliphatic carbocycles. The zero-order chi connectivity index (χ0) is 19.5. The highest BCUT2D eigenvalue weighted by Crippen LogP contribution is 2.66. The molecule has 0 radical (unpaired) electrons. The molecule has 0 spiro atoms. The van der Waals surface area contributed by atoms with Crippen LogP contribution in [-0.4, -0.2) is 18.3 Å². The molecule has 1 aromatic rings. The summed E-state index contributed by atoms with van der Waals surface area (Å²) in [4.78, 5) is 0. The summed E-state index contributed by atoms with van der Waals surface area (Å²) < 4.78 is 5.33. The normalized spacial score (nSPS) is 44.9. The number of hydrogen-bond donors (Lipinski definition) is 1. The number of ether oxygens (including phenoxy) is 1. The van der Waals surface area contributed by atoms with E-state index in [9.17, 15) is 5.11 Å². The Bertz CT molecular complexity index is 765. The summed E-state index contributed by atoms with van der Waals surface area (Å²) in [6.07, 6.45) is 12.6. The van der Waals surface area contributed by atoms with Crippen LogP contribution >= 0.6 is 0 Å². The standard InChI is InChI=1S/C26H36O2/c1-25-14-12-18(17-4-7-20(28-3)8-5-17)16-19(25)6-9-21-22-10-11-24(27)26(22,2)15-13-23(21)25/h4-5,7-8,12,19,21-24,27H,6,9-11,13-16H2,1-3H3/t19-,21-,22+,23-,24+,25+,26+/m1/s1. The molecule has 2 nitrogen and oxygen atoms in total. The van der Waals surface area contributed by atoms with Crippen LogP contribution in [0.15, 0.2) is 30.3 Å². The lowest BCUT2D eigenvalue weighted by molar-refractivity contribution is -0.108. The van der Waals surface area contributed by atoms with E-state index < -0.39 is 0 Å². The van der Waals surface area contributed by atoms with Crippen molar-refractivity contribution in [2.75, 3.05) is 7.11 Å². The average molecular weight is 381 g/mol. The first-order chi connectivity index (χ1) is 13.5. The minimum atomic E-state index is -0.0584. The van der Waals surface area contributed by atoms with Gasteiger partial charge in [0.25, 0.3) is 0 Å². The highest BCUT2D eigenvalue weighted by atomic mass is 16.5. The van der Waals surface area contributed by atoms with Crippen LogP contribution in [0.2, 0.25) is 0 Å². The number of benzene rings is 1. The van der Waals surface area contributed by atoms with Crippen LogP contribution in [0.25, 0.3) is 5.57 Å². The quantitative estimate of drug-likeness (QED) is 0.672. The Morgan fingerprint density at radius 2 is 1.68 bits per heavy atom. The molecule has 0 bridgehead atoms. The number of allylic oxidation sites excluding steroid dienone is 2. The van der Waals surface area contributed by atoms with E-state index in [1.807, 2.05) is 0 Å². The number of aliphatic hydroxyl groups is 1. The largest absolute Gasteiger partial charge is 0.497 e. The molecule has 0 amide bonds. The van der Waals surface area contributed by atoms with Crippen LogP contribution in [0.3, 0.4) is 0 Å². The molecule has 1 aromatic carbocycles. The molecule has 28 heavy (non-hydrogen) atoms. The maximum absolute atomic E-state index is 10.7. The molecular weight excluding hydrogens is 344 g/mol. The smallest absolute Gasteiger partial charge is 0.118 e. The second-order valence-electron chi connectivity index (χ2n) is 10.7. The van der Waals surface area contributed by atoms with Crippen molar-refractivity contribution in [3.05, 3.63) is 35.9 Å². The molecule has 3 saturated carbocycles. The van der Waals surface area contributed by atoms with Gasteiger partial charge in [-0.3, -0.25) is 0 Å². The van der Waals surface area contributed by atoms with Gasteiger partial charge in [0.15, 0.2) is 0 Å². The van der Waals surface area contributed by atoms with Gasteiger partial charge in [0, 0.05) is 0 Å². The van der Waals surface area contributed by atoms with Crippen LogP contribution in [0.4, 0.5) is 0 Å². The molecule has 4 aliphatic rings. The van der Waals surface area contributed by atoms with Crippen LogP contribution in [-0.2, 0) is 0 Å². The molecule has 0 unspecified atom stereocenters. The molecule has 0 saturated heterocycles. The Morgan fingerprint density at radius 1 is 0.929 bits per heavy atom. The Balaban J connectivity index is 1.40. The van der Waals surface area contributed by atoms with Crippen molar-refractivity contribution in [3.63, 3.8) is 0 Å². The van der Waals surface area contributed by atoms with Gasteiger partial charge in [-0.15, -0.1) is 0 Å². The van der Waals surface area contributed by atoms with E-state index in [0.29, 0.717) is 5.41 Å². The van der Waals surface area contributed by atoms with E-state index in [-0.39, 0.29) is 11.5 Å². The van der Waals surface area contributed by atoms with Gasteiger partial charge in [0.05, 0.1) is 13.2 Å². The van der Waals surface area contributed by atoms with Gasteiger partial charge < -0.3 is 9.84 Å². The van der Waals surface area contributed by atoms with E-state index in [0.717, 1.165) is 35.8 Å². The van der Waals surface area contributed by atoms with Crippen molar-refractivity contribution < 1.29 is 9.84 Å². The lowest BCUT2D eigenvalue weighted by atomic mass is 9.45. The topological polar surface area (TPSA) is 29.5 Å². The fourth-order valence-electron chi connectivity index (χ4n) is 7.89. The van der Waals surface area contributed by atoms with Crippen molar-refractivity contribution in [1.82, 2.24) is 0 Å². The molecule has 2 heteroatoms. The van der Waals surface area contributed by atoms with Crippen LogP contribution in [0.1, 0.15) is 70.8 Å². The Morgan fingerprint density at radius 3 is 2.43 bits per heavy atom. The molecular formula is C26H36O2. The summed E-state index contributed by atoms with van der Waals surface area (Å²) in [7, 11) is 1.73. The van der Waals surface area contributed by atoms with E-state index in [1.54, 1.807) is 12.7 Å². The first-order valence-corrected chi connectivity index (χ1v) is 11.5. The van der Waals surface area contributed by atoms with Crippen molar-refractivity contribution in [2.45, 2.75) is 71.3 Å². The molecule has 3 fully saturated rings. The second-order valence-corrected chi connectivity index (χ2v) is 10.7. The SMILES string of the molecule is COc1ccc(C2=CC[C@@]3(C)[C@H](CC[C@H]4[C@H]3CC[C@]3(C)[C@@H](O)CC[C@@H]43)C2)cc1. The van der Waals surface area contributed by atoms with Gasteiger partial charge in [-0.25, -0.2) is 0 Å². The van der Waals surface area contributed by atoms with Crippen molar-refractivity contribution in [1.29, 1.82) is 0 Å². The third kappa shape index (κ3) is 2.63. The van der Waals surface area contributed by atoms with E-state index in [2.05, 4.69) is 44.2 Å². The monoisotopic (exact) mass is 380 g/mol. The third-order valence-electron chi connectivity index (χ3n) is 9.73. The molecule has 1 N–H and O–H groups in total. The summed E-state index contributed by atoms with van der Waals surface area (Å²) in [6.45, 7) is 4.99. The first kappa shape index (κ1) is 18.7. The van der Waals surface area contributed by atoms with Crippen molar-refractivity contribution >= 4 is 5.57 Å². The lowest BCUT2D eigenvalue weighted by Crippen LogP contribution is -2.53. The van der Waals surface area contributed by atoms with Gasteiger partial charge in [0.2, 0.25) is 0 Å². The van der Waals surface area contributed by atoms with Crippen molar-refractivity contribution in [3.8, 4) is 5.75 Å². The van der Waals surface area contributed by atoms with E-state index in [4.69, 9.17) is 4.74 Å². The summed E-state index contributed by atoms with van der Waals surface area (Å²) >= 11 is 0. The zero-order valence-electron chi connectivity index (χ0n) is 17.8. The average Bonchev–Trinajstić information content (AvgIpc) is 3.02. The number of methoxy groups -OCH3 is 1.